The van der Waals surface area contributed by atoms with Crippen LogP contribution in [-0.2, 0) is 16.1 Å². The molecule has 1 amide bonds. The molecule has 0 spiro atoms. The second-order valence-electron chi connectivity index (χ2n) is 7.25. The lowest BCUT2D eigenvalue weighted by molar-refractivity contribution is -0.140. The van der Waals surface area contributed by atoms with Crippen molar-refractivity contribution in [1.29, 1.82) is 0 Å². The largest absolute Gasteiger partial charge is 0.483 e. The van der Waals surface area contributed by atoms with Crippen molar-refractivity contribution in [3.63, 3.8) is 0 Å². The predicted octanol–water partition coefficient (Wildman–Crippen LogP) is 3.27. The highest BCUT2D eigenvalue weighted by Crippen LogP contribution is 2.33. The number of fused-ring (bicyclic) bond motifs is 1. The van der Waals surface area contributed by atoms with Gasteiger partial charge in [-0.25, -0.2) is 4.79 Å². The first-order valence-electron chi connectivity index (χ1n) is 9.56. The molecule has 0 bridgehead atoms. The van der Waals surface area contributed by atoms with Crippen molar-refractivity contribution in [2.24, 2.45) is 5.92 Å². The summed E-state index contributed by atoms with van der Waals surface area (Å²) >= 11 is 0. The Kier molecular flexibility index (Phi) is 5.30. The number of carboxylic acids is 1. The summed E-state index contributed by atoms with van der Waals surface area (Å²) < 4.78 is 11.6. The molecule has 4 rings (SSSR count). The average Bonchev–Trinajstić information content (AvgIpc) is 2.93. The van der Waals surface area contributed by atoms with Crippen LogP contribution >= 0.6 is 0 Å². The SMILES string of the molecule is O=C(O)c1ccc2c(c1)OC(c1ccccc1)CN(C(=O)C1CCOCC1)C2. The molecule has 0 radical (unpaired) electrons. The monoisotopic (exact) mass is 381 g/mol. The highest BCUT2D eigenvalue weighted by atomic mass is 16.5. The highest BCUT2D eigenvalue weighted by Gasteiger charge is 2.32. The zero-order valence-corrected chi connectivity index (χ0v) is 15.5. The van der Waals surface area contributed by atoms with E-state index in [0.717, 1.165) is 24.0 Å². The Labute approximate surface area is 163 Å². The molecule has 0 aromatic heterocycles. The topological polar surface area (TPSA) is 76.1 Å². The van der Waals surface area contributed by atoms with E-state index in [1.165, 1.54) is 0 Å². The van der Waals surface area contributed by atoms with Crippen LogP contribution in [0.1, 0.15) is 40.4 Å². The Hall–Kier alpha value is -2.86. The zero-order valence-electron chi connectivity index (χ0n) is 15.5. The molecule has 146 valence electrons. The van der Waals surface area contributed by atoms with Gasteiger partial charge in [0.1, 0.15) is 11.9 Å². The quantitative estimate of drug-likeness (QED) is 0.883. The van der Waals surface area contributed by atoms with Gasteiger partial charge in [-0.3, -0.25) is 4.79 Å². The average molecular weight is 381 g/mol. The summed E-state index contributed by atoms with van der Waals surface area (Å²) in [7, 11) is 0. The number of rotatable bonds is 3. The molecule has 28 heavy (non-hydrogen) atoms. The first kappa shape index (κ1) is 18.5. The molecule has 1 N–H and O–H groups in total. The second-order valence-corrected chi connectivity index (χ2v) is 7.25. The molecule has 2 heterocycles. The van der Waals surface area contributed by atoms with Gasteiger partial charge in [0.15, 0.2) is 0 Å². The number of hydrogen-bond acceptors (Lipinski definition) is 4. The van der Waals surface area contributed by atoms with Crippen molar-refractivity contribution in [1.82, 2.24) is 4.90 Å². The van der Waals surface area contributed by atoms with E-state index < -0.39 is 5.97 Å². The van der Waals surface area contributed by atoms with Gasteiger partial charge in [0.05, 0.1) is 12.1 Å². The van der Waals surface area contributed by atoms with Gasteiger partial charge >= 0.3 is 5.97 Å². The summed E-state index contributed by atoms with van der Waals surface area (Å²) in [4.78, 5) is 26.4. The Balaban J connectivity index is 1.68. The Morgan fingerprint density at radius 3 is 2.50 bits per heavy atom. The molecule has 1 atom stereocenters. The van der Waals surface area contributed by atoms with Gasteiger partial charge in [-0.1, -0.05) is 36.4 Å². The van der Waals surface area contributed by atoms with Crippen LogP contribution < -0.4 is 4.74 Å². The molecule has 2 aliphatic rings. The number of carbonyl (C=O) groups excluding carboxylic acids is 1. The summed E-state index contributed by atoms with van der Waals surface area (Å²) in [6.07, 6.45) is 1.11. The number of hydrogen-bond donors (Lipinski definition) is 1. The normalized spacial score (nSPS) is 20.0. The van der Waals surface area contributed by atoms with Gasteiger partial charge < -0.3 is 19.5 Å². The summed E-state index contributed by atoms with van der Waals surface area (Å²) in [5, 5.41) is 9.32. The smallest absolute Gasteiger partial charge is 0.335 e. The number of amides is 1. The van der Waals surface area contributed by atoms with Crippen LogP contribution in [0.3, 0.4) is 0 Å². The minimum Gasteiger partial charge on any atom is -0.483 e. The standard InChI is InChI=1S/C22H23NO5/c24-21(16-8-10-27-11-9-16)23-13-18-7-6-17(22(25)26)12-19(18)28-20(14-23)15-4-2-1-3-5-15/h1-7,12,16,20H,8-11,13-14H2,(H,25,26). The Bertz CT molecular complexity index is 860. The summed E-state index contributed by atoms with van der Waals surface area (Å²) in [6.45, 7) is 2.06. The lowest BCUT2D eigenvalue weighted by Gasteiger charge is -2.30. The van der Waals surface area contributed by atoms with Crippen LogP contribution in [0.2, 0.25) is 0 Å². The third-order valence-corrected chi connectivity index (χ3v) is 5.38. The number of nitrogens with zero attached hydrogens (tertiary/aromatic N) is 1. The van der Waals surface area contributed by atoms with Crippen LogP contribution in [0.25, 0.3) is 0 Å². The van der Waals surface area contributed by atoms with Crippen LogP contribution in [0.4, 0.5) is 0 Å². The van der Waals surface area contributed by atoms with Crippen molar-refractivity contribution >= 4 is 11.9 Å². The molecule has 2 aromatic carbocycles. The number of carbonyl (C=O) groups is 2. The number of aromatic carboxylic acids is 1. The Morgan fingerprint density at radius 2 is 1.79 bits per heavy atom. The van der Waals surface area contributed by atoms with E-state index in [1.54, 1.807) is 18.2 Å². The van der Waals surface area contributed by atoms with Crippen molar-refractivity contribution < 1.29 is 24.2 Å². The van der Waals surface area contributed by atoms with Crippen molar-refractivity contribution in [3.05, 3.63) is 65.2 Å². The second kappa shape index (κ2) is 8.02. The molecule has 6 nitrogen and oxygen atoms in total. The minimum absolute atomic E-state index is 0.0370. The zero-order chi connectivity index (χ0) is 19.5. The highest BCUT2D eigenvalue weighted by molar-refractivity contribution is 5.88. The van der Waals surface area contributed by atoms with Crippen molar-refractivity contribution in [2.75, 3.05) is 19.8 Å². The number of ether oxygens (including phenoxy) is 2. The molecule has 1 saturated heterocycles. The first-order chi connectivity index (χ1) is 13.6. The maximum Gasteiger partial charge on any atom is 0.335 e. The van der Waals surface area contributed by atoms with Crippen molar-refractivity contribution in [2.45, 2.75) is 25.5 Å². The predicted molar refractivity (Wildman–Crippen MR) is 102 cm³/mol. The van der Waals surface area contributed by atoms with Gasteiger partial charge in [-0.2, -0.15) is 0 Å². The Morgan fingerprint density at radius 1 is 1.04 bits per heavy atom. The van der Waals surface area contributed by atoms with Gasteiger partial charge in [-0.15, -0.1) is 0 Å². The molecule has 2 aromatic rings. The van der Waals surface area contributed by atoms with Crippen LogP contribution in [0.15, 0.2) is 48.5 Å². The summed E-state index contributed by atoms with van der Waals surface area (Å²) in [5.74, 6) is -0.397. The maximum atomic E-state index is 13.2. The first-order valence-corrected chi connectivity index (χ1v) is 9.56. The van der Waals surface area contributed by atoms with Crippen LogP contribution in [0.5, 0.6) is 5.75 Å². The van der Waals surface area contributed by atoms with E-state index >= 15 is 0 Å². The molecular weight excluding hydrogens is 358 g/mol. The van der Waals surface area contributed by atoms with Gasteiger partial charge in [0.25, 0.3) is 0 Å². The van der Waals surface area contributed by atoms with E-state index in [2.05, 4.69) is 0 Å². The number of carboxylic acid groups (broad SMARTS) is 1. The fourth-order valence-corrected chi connectivity index (χ4v) is 3.80. The van der Waals surface area contributed by atoms with Gasteiger partial charge in [-0.05, 0) is 30.5 Å². The van der Waals surface area contributed by atoms with Crippen molar-refractivity contribution in [3.8, 4) is 5.75 Å². The summed E-state index contributed by atoms with van der Waals surface area (Å²) in [6, 6.07) is 14.6. The molecule has 0 saturated carbocycles. The van der Waals surface area contributed by atoms with E-state index in [0.29, 0.717) is 32.1 Å². The minimum atomic E-state index is -0.998. The molecule has 2 aliphatic heterocycles. The third-order valence-electron chi connectivity index (χ3n) is 5.38. The third kappa shape index (κ3) is 3.87. The molecule has 6 heteroatoms. The van der Waals surface area contributed by atoms with Gasteiger partial charge in [0.2, 0.25) is 5.91 Å². The summed E-state index contributed by atoms with van der Waals surface area (Å²) in [5.41, 5.74) is 1.96. The fraction of sp³-hybridized carbons (Fsp3) is 0.364. The molecule has 0 aliphatic carbocycles. The molecule has 1 unspecified atom stereocenters. The molecular formula is C22H23NO5. The lowest BCUT2D eigenvalue weighted by Crippen LogP contribution is -2.40. The van der Waals surface area contributed by atoms with E-state index in [4.69, 9.17) is 9.47 Å². The van der Waals surface area contributed by atoms with Crippen LogP contribution in [-0.4, -0.2) is 41.6 Å². The van der Waals surface area contributed by atoms with E-state index in [-0.39, 0.29) is 23.5 Å². The number of benzene rings is 2. The fourth-order valence-electron chi connectivity index (χ4n) is 3.80. The molecule has 1 fully saturated rings. The lowest BCUT2D eigenvalue weighted by atomic mass is 9.98. The van der Waals surface area contributed by atoms with Gasteiger partial charge in [0, 0.05) is 31.2 Å². The van der Waals surface area contributed by atoms with Crippen LogP contribution in [0, 0.1) is 5.92 Å². The van der Waals surface area contributed by atoms with E-state index in [9.17, 15) is 14.7 Å². The van der Waals surface area contributed by atoms with E-state index in [1.807, 2.05) is 35.2 Å². The maximum absolute atomic E-state index is 13.2.